The predicted octanol–water partition coefficient (Wildman–Crippen LogP) is 3.25. The number of rotatable bonds is 1. The van der Waals surface area contributed by atoms with Crippen molar-refractivity contribution in [3.8, 4) is 5.75 Å². The summed E-state index contributed by atoms with van der Waals surface area (Å²) in [6.45, 7) is 3.66. The van der Waals surface area contributed by atoms with E-state index in [1.165, 1.54) is 0 Å². The van der Waals surface area contributed by atoms with Gasteiger partial charge in [0.05, 0.1) is 0 Å². The van der Waals surface area contributed by atoms with Crippen molar-refractivity contribution in [2.45, 2.75) is 6.42 Å². The van der Waals surface area contributed by atoms with Gasteiger partial charge in [0.1, 0.15) is 5.75 Å². The second kappa shape index (κ2) is 12.8. The molecular formula is C14H14AuCeO-2. The zero-order chi connectivity index (χ0) is 10.9. The van der Waals surface area contributed by atoms with Crippen LogP contribution in [-0.2, 0) is 28.8 Å². The van der Waals surface area contributed by atoms with Crippen molar-refractivity contribution in [1.82, 2.24) is 0 Å². The number of hydrogen-bond acceptors (Lipinski definition) is 1. The Bertz CT molecular complexity index is 352. The second-order valence-electron chi connectivity index (χ2n) is 2.96. The maximum atomic E-state index is 9.07. The van der Waals surface area contributed by atoms with Crippen molar-refractivity contribution in [3.05, 3.63) is 73.2 Å². The van der Waals surface area contributed by atoms with Gasteiger partial charge in [0, 0.05) is 64.1 Å². The summed E-state index contributed by atoms with van der Waals surface area (Å²) in [6, 6.07) is 19.7. The molecular weight excluding hydrogens is 521 g/mol. The Labute approximate surface area is 153 Å². The van der Waals surface area contributed by atoms with Gasteiger partial charge in [-0.15, -0.1) is 0 Å². The van der Waals surface area contributed by atoms with Crippen LogP contribution < -0.4 is 0 Å². The zero-order valence-electron chi connectivity index (χ0n) is 9.36. The first-order valence-electron chi connectivity index (χ1n) is 4.82. The molecule has 0 saturated carbocycles. The molecule has 1 radical (unpaired) electrons. The maximum absolute atomic E-state index is 9.07. The van der Waals surface area contributed by atoms with E-state index in [1.807, 2.05) is 42.5 Å². The minimum atomic E-state index is 0. The van der Waals surface area contributed by atoms with E-state index in [0.717, 1.165) is 5.56 Å². The van der Waals surface area contributed by atoms with E-state index in [1.54, 1.807) is 12.1 Å². The summed E-state index contributed by atoms with van der Waals surface area (Å²) in [5, 5.41) is 9.07. The minimum absolute atomic E-state index is 0. The molecule has 0 aromatic heterocycles. The summed E-state index contributed by atoms with van der Waals surface area (Å²) in [7, 11) is 0. The van der Waals surface area contributed by atoms with Crippen LogP contribution >= 0.6 is 0 Å². The van der Waals surface area contributed by atoms with Gasteiger partial charge < -0.3 is 12.0 Å². The maximum Gasteiger partial charge on any atom is 0.116 e. The molecule has 0 heterocycles. The topological polar surface area (TPSA) is 20.2 Å². The molecule has 0 aliphatic rings. The third-order valence-electron chi connectivity index (χ3n) is 1.87. The molecule has 0 bridgehead atoms. The molecule has 2 aromatic carbocycles. The zero-order valence-corrected chi connectivity index (χ0v) is 14.7. The van der Waals surface area contributed by atoms with Crippen LogP contribution in [0.2, 0.25) is 0 Å². The Morgan fingerprint density at radius 2 is 1.59 bits per heavy atom. The first-order valence-corrected chi connectivity index (χ1v) is 4.82. The molecule has 3 heteroatoms. The van der Waals surface area contributed by atoms with Crippen LogP contribution in [0.3, 0.4) is 0 Å². The van der Waals surface area contributed by atoms with Gasteiger partial charge in [0.25, 0.3) is 0 Å². The molecule has 0 saturated heterocycles. The van der Waals surface area contributed by atoms with Gasteiger partial charge >= 0.3 is 0 Å². The molecule has 0 amide bonds. The van der Waals surface area contributed by atoms with Crippen LogP contribution in [-0.4, -0.2) is 5.11 Å². The molecule has 17 heavy (non-hydrogen) atoms. The number of phenols is 1. The number of phenolic OH excluding ortho intramolecular Hbond substituents is 1. The van der Waals surface area contributed by atoms with Gasteiger partial charge in [-0.25, -0.2) is 0 Å². The average Bonchev–Trinajstić information content (AvgIpc) is 2.33. The Morgan fingerprint density at radius 3 is 1.88 bits per heavy atom. The number of benzene rings is 2. The van der Waals surface area contributed by atoms with Crippen LogP contribution in [0.1, 0.15) is 5.56 Å². The molecule has 0 aliphatic carbocycles. The standard InChI is InChI=1S/C8H9O.C6H5.Au.Ce/c1-2-7-5-3-4-6-8(7)9;1-2-4-6-5-3-1;;/h3-6,9H,1-2H2;1-5H;;/q2*-1;;. The van der Waals surface area contributed by atoms with Crippen LogP contribution in [0.4, 0.5) is 0 Å². The molecule has 2 aromatic rings. The van der Waals surface area contributed by atoms with Crippen LogP contribution in [0.25, 0.3) is 0 Å². The summed E-state index contributed by atoms with van der Waals surface area (Å²) in [4.78, 5) is 0. The predicted molar refractivity (Wildman–Crippen MR) is 62.4 cm³/mol. The van der Waals surface area contributed by atoms with Crippen molar-refractivity contribution < 1.29 is 69.2 Å². The van der Waals surface area contributed by atoms with Crippen molar-refractivity contribution in [1.29, 1.82) is 0 Å². The quantitative estimate of drug-likeness (QED) is 0.440. The van der Waals surface area contributed by atoms with Gasteiger partial charge in [0.2, 0.25) is 0 Å². The number of hydrogen-bond donors (Lipinski definition) is 1. The molecule has 0 atom stereocenters. The van der Waals surface area contributed by atoms with Gasteiger partial charge in [-0.3, -0.25) is 0 Å². The normalized spacial score (nSPS) is 7.82. The molecule has 0 aliphatic heterocycles. The van der Waals surface area contributed by atoms with Crippen molar-refractivity contribution in [3.63, 3.8) is 0 Å². The summed E-state index contributed by atoms with van der Waals surface area (Å²) in [5.74, 6) is 0.340. The first kappa shape index (κ1) is 19.7. The summed E-state index contributed by atoms with van der Waals surface area (Å²) >= 11 is 0. The fraction of sp³-hybridized carbons (Fsp3) is 0.0714. The first-order chi connectivity index (χ1) is 7.34. The molecule has 0 fully saturated rings. The van der Waals surface area contributed by atoms with Crippen molar-refractivity contribution in [2.24, 2.45) is 0 Å². The Hall–Kier alpha value is 0.357. The molecule has 0 spiro atoms. The van der Waals surface area contributed by atoms with E-state index in [9.17, 15) is 0 Å². The van der Waals surface area contributed by atoms with Crippen LogP contribution in [0.5, 0.6) is 5.75 Å². The number of aromatic hydroxyl groups is 1. The van der Waals surface area contributed by atoms with E-state index >= 15 is 0 Å². The third kappa shape index (κ3) is 9.00. The Morgan fingerprint density at radius 1 is 1.00 bits per heavy atom. The molecule has 2 rings (SSSR count). The SMILES string of the molecule is [Au].[CH2-]Cc1ccccc1O.[Ce].[c-]1ccccc1. The Balaban J connectivity index is 0. The Kier molecular flexibility index (Phi) is 14.8. The average molecular weight is 535 g/mol. The summed E-state index contributed by atoms with van der Waals surface area (Å²) in [5.41, 5.74) is 0.900. The van der Waals surface area contributed by atoms with Crippen molar-refractivity contribution >= 4 is 0 Å². The van der Waals surface area contributed by atoms with E-state index in [2.05, 4.69) is 13.0 Å². The monoisotopic (exact) mass is 535 g/mol. The summed E-state index contributed by atoms with van der Waals surface area (Å²) in [6.07, 6.45) is 0.646. The number of para-hydroxylation sites is 1. The molecule has 1 nitrogen and oxygen atoms in total. The molecule has 0 unspecified atom stereocenters. The largest absolute Gasteiger partial charge is 0.508 e. The fourth-order valence-corrected chi connectivity index (χ4v) is 1.06. The van der Waals surface area contributed by atoms with Gasteiger partial charge in [-0.2, -0.15) is 42.8 Å². The minimum Gasteiger partial charge on any atom is -0.508 e. The van der Waals surface area contributed by atoms with Crippen molar-refractivity contribution in [2.75, 3.05) is 0 Å². The van der Waals surface area contributed by atoms with E-state index in [-0.39, 0.29) is 64.1 Å². The van der Waals surface area contributed by atoms with E-state index < -0.39 is 0 Å². The van der Waals surface area contributed by atoms with E-state index in [0.29, 0.717) is 12.2 Å². The van der Waals surface area contributed by atoms with E-state index in [4.69, 9.17) is 5.11 Å². The third-order valence-corrected chi connectivity index (χ3v) is 1.87. The molecule has 93 valence electrons. The molecule has 1 N–H and O–H groups in total. The van der Waals surface area contributed by atoms with Gasteiger partial charge in [-0.05, 0) is 11.6 Å². The smallest absolute Gasteiger partial charge is 0.116 e. The summed E-state index contributed by atoms with van der Waals surface area (Å²) < 4.78 is 0. The van der Waals surface area contributed by atoms with Gasteiger partial charge in [0.15, 0.2) is 0 Å². The fourth-order valence-electron chi connectivity index (χ4n) is 1.06. The second-order valence-corrected chi connectivity index (χ2v) is 2.96. The van der Waals surface area contributed by atoms with Gasteiger partial charge in [-0.1, -0.05) is 18.2 Å². The van der Waals surface area contributed by atoms with Crippen LogP contribution in [0, 0.1) is 54.7 Å². The van der Waals surface area contributed by atoms with Crippen LogP contribution in [0.15, 0.2) is 54.6 Å².